The van der Waals surface area contributed by atoms with Gasteiger partial charge in [-0.1, -0.05) is 0 Å². The van der Waals surface area contributed by atoms with Crippen LogP contribution in [0.15, 0.2) is 23.4 Å². The molecule has 0 saturated carbocycles. The molecule has 0 aromatic rings. The van der Waals surface area contributed by atoms with E-state index in [0.29, 0.717) is 6.08 Å². The predicted octanol–water partition coefficient (Wildman–Crippen LogP) is -3.00. The standard InChI is InChI=1S/C4H6N6O5/c5-4-2(9(12)13)1-3(10(14)15)7(6)8(4)11/h1,8H,5-6H2. The largest absolute Gasteiger partial charge is 0.584 e. The maximum absolute atomic E-state index is 11.1. The number of nitrogens with two attached hydrogens (primary N) is 2. The van der Waals surface area contributed by atoms with E-state index < -0.39 is 32.4 Å². The Balaban J connectivity index is 3.27. The minimum absolute atomic E-state index is 0.141. The normalized spacial score (nSPS) is 21.3. The molecule has 1 aliphatic rings. The summed E-state index contributed by atoms with van der Waals surface area (Å²) < 4.78 is 0. The van der Waals surface area contributed by atoms with E-state index in [1.165, 1.54) is 0 Å². The number of hydroxylamine groups is 1. The monoisotopic (exact) mass is 218 g/mol. The molecule has 0 aromatic heterocycles. The van der Waals surface area contributed by atoms with Gasteiger partial charge >= 0.3 is 17.3 Å². The summed E-state index contributed by atoms with van der Waals surface area (Å²) in [5, 5.41) is 30.8. The number of hydrogen-bond acceptors (Lipinski definition) is 8. The molecular weight excluding hydrogens is 212 g/mol. The van der Waals surface area contributed by atoms with Gasteiger partial charge in [-0.3, -0.25) is 10.1 Å². The Morgan fingerprint density at radius 3 is 2.27 bits per heavy atom. The maximum atomic E-state index is 11.1. The van der Waals surface area contributed by atoms with Crippen LogP contribution in [0.5, 0.6) is 0 Å². The lowest BCUT2D eigenvalue weighted by Crippen LogP contribution is -3.15. The molecule has 0 bridgehead atoms. The molecule has 5 N–H and O–H groups in total. The van der Waals surface area contributed by atoms with Crippen molar-refractivity contribution in [1.82, 2.24) is 5.12 Å². The first-order chi connectivity index (χ1) is 6.86. The summed E-state index contributed by atoms with van der Waals surface area (Å²) >= 11 is 0. The topological polar surface area (TPSA) is 169 Å². The van der Waals surface area contributed by atoms with Crippen LogP contribution in [0, 0.1) is 25.4 Å². The van der Waals surface area contributed by atoms with Crippen LogP contribution in [0.3, 0.4) is 0 Å². The lowest BCUT2D eigenvalue weighted by Gasteiger charge is -2.25. The molecule has 0 saturated heterocycles. The van der Waals surface area contributed by atoms with Crippen molar-refractivity contribution in [3.05, 3.63) is 48.9 Å². The van der Waals surface area contributed by atoms with Crippen molar-refractivity contribution in [2.75, 3.05) is 0 Å². The van der Waals surface area contributed by atoms with Crippen LogP contribution < -0.4 is 16.7 Å². The van der Waals surface area contributed by atoms with E-state index in [0.717, 1.165) is 0 Å². The first-order valence-corrected chi connectivity index (χ1v) is 3.45. The Hall–Kier alpha value is -2.24. The number of quaternary nitrogens is 1. The van der Waals surface area contributed by atoms with Crippen LogP contribution in [-0.4, -0.2) is 15.0 Å². The lowest BCUT2D eigenvalue weighted by molar-refractivity contribution is -0.947. The molecule has 1 heterocycles. The smallest absolute Gasteiger partial charge is 0.397 e. The van der Waals surface area contributed by atoms with E-state index in [9.17, 15) is 25.4 Å². The summed E-state index contributed by atoms with van der Waals surface area (Å²) in [7, 11) is 0. The van der Waals surface area contributed by atoms with Crippen molar-refractivity contribution in [2.45, 2.75) is 0 Å². The number of nitrogens with one attached hydrogen (secondary N) is 1. The van der Waals surface area contributed by atoms with Gasteiger partial charge in [-0.05, 0) is 10.0 Å². The van der Waals surface area contributed by atoms with Crippen molar-refractivity contribution in [3.8, 4) is 0 Å². The number of hydrazine groups is 1. The number of hydrogen-bond donors (Lipinski definition) is 3. The highest BCUT2D eigenvalue weighted by atomic mass is 16.6. The highest BCUT2D eigenvalue weighted by Gasteiger charge is 2.39. The fourth-order valence-corrected chi connectivity index (χ4v) is 0.905. The van der Waals surface area contributed by atoms with E-state index in [1.54, 1.807) is 0 Å². The van der Waals surface area contributed by atoms with Crippen LogP contribution in [0.4, 0.5) is 0 Å². The number of allylic oxidation sites excluding steroid dienone is 1. The fourth-order valence-electron chi connectivity index (χ4n) is 0.905. The molecule has 0 amide bonds. The van der Waals surface area contributed by atoms with Crippen LogP contribution in [0.1, 0.15) is 0 Å². The molecule has 0 aromatic carbocycles. The van der Waals surface area contributed by atoms with Crippen LogP contribution in [-0.2, 0) is 0 Å². The summed E-state index contributed by atoms with van der Waals surface area (Å²) in [5.41, 5.74) is 4.24. The van der Waals surface area contributed by atoms with E-state index in [1.807, 2.05) is 0 Å². The molecule has 1 unspecified atom stereocenters. The molecule has 1 atom stereocenters. The zero-order valence-corrected chi connectivity index (χ0v) is 7.11. The minimum atomic E-state index is -1.18. The van der Waals surface area contributed by atoms with Gasteiger partial charge in [-0.25, -0.2) is 0 Å². The average Bonchev–Trinajstić information content (AvgIpc) is 2.13. The Labute approximate surface area is 81.6 Å². The van der Waals surface area contributed by atoms with Gasteiger partial charge in [0.25, 0.3) is 0 Å². The Morgan fingerprint density at radius 2 is 1.87 bits per heavy atom. The number of nitro groups is 2. The maximum Gasteiger partial charge on any atom is 0.397 e. The SMILES string of the molecule is NC1=C([N+](=O)[O-])C=C([N+](=O)[O-])N(N)[NH+]1[O-]. The van der Waals surface area contributed by atoms with Crippen molar-refractivity contribution in [1.29, 1.82) is 0 Å². The average molecular weight is 218 g/mol. The first-order valence-electron chi connectivity index (χ1n) is 3.45. The third-order valence-electron chi connectivity index (χ3n) is 1.62. The summed E-state index contributed by atoms with van der Waals surface area (Å²) in [6, 6.07) is 0. The molecule has 11 nitrogen and oxygen atoms in total. The van der Waals surface area contributed by atoms with Crippen molar-refractivity contribution < 1.29 is 15.0 Å². The Bertz CT molecular complexity index is 387. The molecule has 1 rings (SSSR count). The van der Waals surface area contributed by atoms with Crippen LogP contribution in [0.25, 0.3) is 0 Å². The van der Waals surface area contributed by atoms with E-state index in [2.05, 4.69) is 0 Å². The zero-order chi connectivity index (χ0) is 11.7. The van der Waals surface area contributed by atoms with Crippen molar-refractivity contribution >= 4 is 0 Å². The van der Waals surface area contributed by atoms with E-state index in [4.69, 9.17) is 11.6 Å². The molecule has 0 spiro atoms. The number of nitrogens with zero attached hydrogens (tertiary/aromatic N) is 3. The van der Waals surface area contributed by atoms with Gasteiger partial charge in [0, 0.05) is 0 Å². The van der Waals surface area contributed by atoms with Gasteiger partial charge in [0.1, 0.15) is 6.08 Å². The van der Waals surface area contributed by atoms with Gasteiger partial charge < -0.3 is 21.1 Å². The fraction of sp³-hybridized carbons (Fsp3) is 0. The molecule has 0 radical (unpaired) electrons. The summed E-state index contributed by atoms with van der Waals surface area (Å²) in [6.45, 7) is 0. The van der Waals surface area contributed by atoms with Gasteiger partial charge in [0.2, 0.25) is 0 Å². The Kier molecular flexibility index (Phi) is 2.52. The highest BCUT2D eigenvalue weighted by molar-refractivity contribution is 5.16. The summed E-state index contributed by atoms with van der Waals surface area (Å²) in [5.74, 6) is 3.37. The second kappa shape index (κ2) is 3.49. The third-order valence-corrected chi connectivity index (χ3v) is 1.62. The zero-order valence-electron chi connectivity index (χ0n) is 7.11. The van der Waals surface area contributed by atoms with Crippen molar-refractivity contribution in [3.63, 3.8) is 0 Å². The van der Waals surface area contributed by atoms with Crippen LogP contribution in [0.2, 0.25) is 0 Å². The second-order valence-corrected chi connectivity index (χ2v) is 2.49. The van der Waals surface area contributed by atoms with E-state index in [-0.39, 0.29) is 5.12 Å². The number of rotatable bonds is 2. The van der Waals surface area contributed by atoms with Crippen LogP contribution >= 0.6 is 0 Å². The molecular formula is C4H6N6O5. The predicted molar refractivity (Wildman–Crippen MR) is 43.6 cm³/mol. The van der Waals surface area contributed by atoms with E-state index >= 15 is 0 Å². The molecule has 11 heteroatoms. The van der Waals surface area contributed by atoms with Gasteiger partial charge in [0.15, 0.2) is 0 Å². The molecule has 0 aliphatic carbocycles. The molecule has 82 valence electrons. The molecule has 1 aliphatic heterocycles. The minimum Gasteiger partial charge on any atom is -0.584 e. The summed E-state index contributed by atoms with van der Waals surface area (Å²) in [4.78, 5) is 18.7. The molecule has 0 fully saturated rings. The second-order valence-electron chi connectivity index (χ2n) is 2.49. The van der Waals surface area contributed by atoms with Gasteiger partial charge in [-0.15, -0.1) is 11.0 Å². The van der Waals surface area contributed by atoms with Gasteiger partial charge in [0.05, 0.1) is 4.92 Å². The third kappa shape index (κ3) is 1.69. The van der Waals surface area contributed by atoms with Gasteiger partial charge in [-0.2, -0.15) is 0 Å². The summed E-state index contributed by atoms with van der Waals surface area (Å²) in [6.07, 6.45) is 0.525. The molecule has 15 heavy (non-hydrogen) atoms. The Morgan fingerprint density at radius 1 is 1.33 bits per heavy atom. The van der Waals surface area contributed by atoms with Crippen molar-refractivity contribution in [2.24, 2.45) is 11.6 Å². The quantitative estimate of drug-likeness (QED) is 0.190. The first kappa shape index (κ1) is 10.8. The highest BCUT2D eigenvalue weighted by Crippen LogP contribution is 2.09. The lowest BCUT2D eigenvalue weighted by atomic mass is 10.3.